The number of likely N-dealkylation sites (tertiary alicyclic amines) is 1. The highest BCUT2D eigenvalue weighted by molar-refractivity contribution is 5.22. The number of benzene rings is 1. The van der Waals surface area contributed by atoms with Gasteiger partial charge in [-0.2, -0.15) is 0 Å². The van der Waals surface area contributed by atoms with Crippen LogP contribution in [0, 0.1) is 11.9 Å². The highest BCUT2D eigenvalue weighted by Crippen LogP contribution is 2.15. The third-order valence-electron chi connectivity index (χ3n) is 2.89. The third kappa shape index (κ3) is 3.20. The van der Waals surface area contributed by atoms with Gasteiger partial charge in [-0.3, -0.25) is 4.90 Å². The normalized spacial score (nSPS) is 17.3. The van der Waals surface area contributed by atoms with Gasteiger partial charge in [0.25, 0.3) is 0 Å². The molecular weight excluding hydrogens is 205 g/mol. The highest BCUT2D eigenvalue weighted by Gasteiger charge is 2.09. The lowest BCUT2D eigenvalue weighted by atomic mass is 10.1. The number of halogens is 1. The van der Waals surface area contributed by atoms with Crippen LogP contribution in [0.5, 0.6) is 5.75 Å². The van der Waals surface area contributed by atoms with Crippen LogP contribution in [0.4, 0.5) is 4.39 Å². The molecule has 1 aromatic carbocycles. The summed E-state index contributed by atoms with van der Waals surface area (Å²) in [6.45, 7) is 3.74. The van der Waals surface area contributed by atoms with Gasteiger partial charge in [0.15, 0.2) is 11.6 Å². The van der Waals surface area contributed by atoms with Crippen molar-refractivity contribution in [3.63, 3.8) is 0 Å². The van der Waals surface area contributed by atoms with E-state index in [0.29, 0.717) is 12.4 Å². The van der Waals surface area contributed by atoms with Gasteiger partial charge >= 0.3 is 0 Å². The summed E-state index contributed by atoms with van der Waals surface area (Å²) in [7, 11) is 0. The van der Waals surface area contributed by atoms with E-state index in [9.17, 15) is 4.39 Å². The molecule has 1 saturated heterocycles. The van der Waals surface area contributed by atoms with Gasteiger partial charge in [-0.05, 0) is 44.1 Å². The first-order valence-electron chi connectivity index (χ1n) is 5.87. The minimum Gasteiger partial charge on any atom is -0.489 e. The zero-order chi connectivity index (χ0) is 11.2. The molecule has 0 bridgehead atoms. The molecule has 0 atom stereocenters. The Morgan fingerprint density at radius 2 is 2.12 bits per heavy atom. The summed E-state index contributed by atoms with van der Waals surface area (Å²) in [6.07, 6.45) is 3.88. The lowest BCUT2D eigenvalue weighted by Gasteiger charge is -2.26. The summed E-state index contributed by atoms with van der Waals surface area (Å²) in [5, 5.41) is 0. The van der Waals surface area contributed by atoms with Crippen LogP contribution in [0.25, 0.3) is 0 Å². The standard InChI is InChI=1S/C13H17FNO/c14-12-6-2-3-7-13(12)16-11-10-15-8-4-1-5-9-15/h3,6-7H,1,4-5,8-11H2. The Kier molecular flexibility index (Phi) is 4.17. The SMILES string of the molecule is Fc1c[c]ccc1OCCN1CCCCC1. The zero-order valence-electron chi connectivity index (χ0n) is 9.42. The Morgan fingerprint density at radius 1 is 1.31 bits per heavy atom. The molecule has 1 heterocycles. The Balaban J connectivity index is 1.73. The molecule has 1 aromatic rings. The fraction of sp³-hybridized carbons (Fsp3) is 0.538. The van der Waals surface area contributed by atoms with Crippen molar-refractivity contribution in [2.75, 3.05) is 26.2 Å². The van der Waals surface area contributed by atoms with Crippen LogP contribution in [0.3, 0.4) is 0 Å². The first kappa shape index (κ1) is 11.4. The molecule has 3 heteroatoms. The lowest BCUT2D eigenvalue weighted by molar-refractivity contribution is 0.180. The van der Waals surface area contributed by atoms with E-state index in [1.165, 1.54) is 25.3 Å². The summed E-state index contributed by atoms with van der Waals surface area (Å²) in [6, 6.07) is 7.26. The minimum atomic E-state index is -0.332. The fourth-order valence-electron chi connectivity index (χ4n) is 1.98. The molecule has 1 aliphatic heterocycles. The fourth-order valence-corrected chi connectivity index (χ4v) is 1.98. The average molecular weight is 222 g/mol. The van der Waals surface area contributed by atoms with Crippen molar-refractivity contribution in [2.45, 2.75) is 19.3 Å². The van der Waals surface area contributed by atoms with Gasteiger partial charge in [-0.1, -0.05) is 12.5 Å². The van der Waals surface area contributed by atoms with E-state index in [4.69, 9.17) is 4.74 Å². The number of rotatable bonds is 4. The number of ether oxygens (including phenoxy) is 1. The molecule has 0 aliphatic carbocycles. The zero-order valence-corrected chi connectivity index (χ0v) is 9.42. The summed E-state index contributed by atoms with van der Waals surface area (Å²) in [4.78, 5) is 2.37. The summed E-state index contributed by atoms with van der Waals surface area (Å²) >= 11 is 0. The number of hydrogen-bond acceptors (Lipinski definition) is 2. The summed E-state index contributed by atoms with van der Waals surface area (Å²) in [5.41, 5.74) is 0. The maximum atomic E-state index is 13.2. The van der Waals surface area contributed by atoms with E-state index in [0.717, 1.165) is 19.6 Å². The maximum Gasteiger partial charge on any atom is 0.165 e. The quantitative estimate of drug-likeness (QED) is 0.776. The van der Waals surface area contributed by atoms with E-state index in [2.05, 4.69) is 11.0 Å². The topological polar surface area (TPSA) is 12.5 Å². The van der Waals surface area contributed by atoms with Crippen molar-refractivity contribution >= 4 is 0 Å². The summed E-state index contributed by atoms with van der Waals surface area (Å²) < 4.78 is 18.6. The number of piperidine rings is 1. The molecule has 1 radical (unpaired) electrons. The Morgan fingerprint density at radius 3 is 2.88 bits per heavy atom. The van der Waals surface area contributed by atoms with Crippen molar-refractivity contribution in [3.8, 4) is 5.75 Å². The van der Waals surface area contributed by atoms with E-state index >= 15 is 0 Å². The number of nitrogens with zero attached hydrogens (tertiary/aromatic N) is 1. The van der Waals surface area contributed by atoms with Crippen LogP contribution in [0.2, 0.25) is 0 Å². The molecule has 0 N–H and O–H groups in total. The Labute approximate surface area is 96.0 Å². The average Bonchev–Trinajstić information content (AvgIpc) is 2.33. The molecule has 0 amide bonds. The lowest BCUT2D eigenvalue weighted by Crippen LogP contribution is -2.33. The van der Waals surface area contributed by atoms with Gasteiger partial charge in [0.1, 0.15) is 6.61 Å². The molecule has 0 saturated carbocycles. The van der Waals surface area contributed by atoms with Gasteiger partial charge in [0, 0.05) is 6.54 Å². The minimum absolute atomic E-state index is 0.329. The second-order valence-electron chi connectivity index (χ2n) is 4.11. The van der Waals surface area contributed by atoms with Crippen molar-refractivity contribution in [1.29, 1.82) is 0 Å². The van der Waals surface area contributed by atoms with Gasteiger partial charge in [0.05, 0.1) is 0 Å². The largest absolute Gasteiger partial charge is 0.489 e. The van der Waals surface area contributed by atoms with Crippen molar-refractivity contribution in [3.05, 3.63) is 30.1 Å². The molecule has 1 aliphatic rings. The second kappa shape index (κ2) is 5.85. The molecule has 0 spiro atoms. The van der Waals surface area contributed by atoms with Gasteiger partial charge in [0.2, 0.25) is 0 Å². The van der Waals surface area contributed by atoms with Gasteiger partial charge in [-0.15, -0.1) is 0 Å². The maximum absolute atomic E-state index is 13.2. The molecule has 2 nitrogen and oxygen atoms in total. The predicted molar refractivity (Wildman–Crippen MR) is 61.0 cm³/mol. The van der Waals surface area contributed by atoms with E-state index in [1.54, 1.807) is 12.1 Å². The van der Waals surface area contributed by atoms with E-state index in [-0.39, 0.29) is 5.82 Å². The van der Waals surface area contributed by atoms with Crippen LogP contribution in [-0.2, 0) is 0 Å². The highest BCUT2D eigenvalue weighted by atomic mass is 19.1. The van der Waals surface area contributed by atoms with Crippen LogP contribution < -0.4 is 4.74 Å². The second-order valence-corrected chi connectivity index (χ2v) is 4.11. The molecule has 1 fully saturated rings. The van der Waals surface area contributed by atoms with Crippen molar-refractivity contribution < 1.29 is 9.13 Å². The molecule has 87 valence electrons. The molecular formula is C13H17FNO. The predicted octanol–water partition coefficient (Wildman–Crippen LogP) is 2.49. The van der Waals surface area contributed by atoms with E-state index in [1.807, 2.05) is 0 Å². The Bertz CT molecular complexity index is 323. The van der Waals surface area contributed by atoms with Crippen LogP contribution in [0.15, 0.2) is 18.2 Å². The van der Waals surface area contributed by atoms with Crippen LogP contribution in [0.1, 0.15) is 19.3 Å². The number of hydrogen-bond donors (Lipinski definition) is 0. The third-order valence-corrected chi connectivity index (χ3v) is 2.89. The Hall–Kier alpha value is -1.09. The molecule has 0 unspecified atom stereocenters. The molecule has 2 rings (SSSR count). The van der Waals surface area contributed by atoms with Crippen LogP contribution >= 0.6 is 0 Å². The summed E-state index contributed by atoms with van der Waals surface area (Å²) in [5.74, 6) is -0.00287. The molecule has 16 heavy (non-hydrogen) atoms. The van der Waals surface area contributed by atoms with E-state index < -0.39 is 0 Å². The van der Waals surface area contributed by atoms with Crippen molar-refractivity contribution in [1.82, 2.24) is 4.90 Å². The van der Waals surface area contributed by atoms with Gasteiger partial charge in [-0.25, -0.2) is 4.39 Å². The smallest absolute Gasteiger partial charge is 0.165 e. The first-order chi connectivity index (χ1) is 7.86. The molecule has 0 aromatic heterocycles. The van der Waals surface area contributed by atoms with Crippen molar-refractivity contribution in [2.24, 2.45) is 0 Å². The van der Waals surface area contributed by atoms with Gasteiger partial charge < -0.3 is 4.74 Å². The first-order valence-corrected chi connectivity index (χ1v) is 5.87. The van der Waals surface area contributed by atoms with Crippen LogP contribution in [-0.4, -0.2) is 31.1 Å². The monoisotopic (exact) mass is 222 g/mol.